The van der Waals surface area contributed by atoms with E-state index in [0.29, 0.717) is 0 Å². The van der Waals surface area contributed by atoms with E-state index in [1.54, 1.807) is 0 Å². The molecule has 3 aromatic carbocycles. The number of carbonyl (C=O) groups is 3. The average molecular weight is 775 g/mol. The number of hydrogen-bond donors (Lipinski definition) is 0. The molecule has 0 aliphatic carbocycles. The van der Waals surface area contributed by atoms with E-state index in [9.17, 15) is 90.4 Å². The fraction of sp³-hybridized carbons (Fsp3) is 0.250. The molecule has 0 bridgehead atoms. The summed E-state index contributed by atoms with van der Waals surface area (Å²) in [6.07, 6.45) is -8.63. The number of halogens is 15. The molecule has 52 heavy (non-hydrogen) atoms. The van der Waals surface area contributed by atoms with Gasteiger partial charge < -0.3 is 14.2 Å². The Morgan fingerprint density at radius 3 is 0.750 bits per heavy atom. The van der Waals surface area contributed by atoms with Gasteiger partial charge >= 0.3 is 17.9 Å². The number of nitrogens with zero attached hydrogens (tertiary/aromatic N) is 1. The first-order chi connectivity index (χ1) is 24.1. The van der Waals surface area contributed by atoms with Gasteiger partial charge in [-0.15, -0.1) is 0 Å². The van der Waals surface area contributed by atoms with Gasteiger partial charge in [-0.2, -0.15) is 26.3 Å². The van der Waals surface area contributed by atoms with Gasteiger partial charge in [0.15, 0.2) is 0 Å². The molecule has 0 fully saturated rings. The minimum Gasteiger partial charge on any atom is -0.420 e. The predicted octanol–water partition coefficient (Wildman–Crippen LogP) is 7.25. The van der Waals surface area contributed by atoms with Crippen LogP contribution in [0.3, 0.4) is 0 Å². The van der Waals surface area contributed by atoms with E-state index in [4.69, 9.17) is 0 Å². The lowest BCUT2D eigenvalue weighted by Gasteiger charge is -2.25. The highest BCUT2D eigenvalue weighted by atomic mass is 19.2. The Balaban J connectivity index is 1.91. The van der Waals surface area contributed by atoms with Crippen molar-refractivity contribution in [3.8, 4) is 17.2 Å². The van der Waals surface area contributed by atoms with Crippen molar-refractivity contribution in [3.63, 3.8) is 0 Å². The van der Waals surface area contributed by atoms with Gasteiger partial charge in [0, 0.05) is 24.2 Å². The van der Waals surface area contributed by atoms with Crippen LogP contribution in [0.15, 0.2) is 0 Å². The Morgan fingerprint density at radius 1 is 0.404 bits per heavy atom. The van der Waals surface area contributed by atoms with Crippen LogP contribution >= 0.6 is 0 Å². The van der Waals surface area contributed by atoms with Crippen molar-refractivity contribution >= 4 is 17.9 Å². The number of ether oxygens (including phenoxy) is 3. The van der Waals surface area contributed by atoms with E-state index in [0.717, 1.165) is 0 Å². The Morgan fingerprint density at radius 2 is 0.577 bits per heavy atom. The van der Waals surface area contributed by atoms with E-state index in [1.165, 1.54) is 0 Å². The smallest absolute Gasteiger partial charge is 0.311 e. The molecule has 0 aliphatic heterocycles. The number of rotatable bonds is 13. The van der Waals surface area contributed by atoms with Crippen LogP contribution in [0.4, 0.5) is 65.9 Å². The maximum atomic E-state index is 13.9. The molecule has 0 saturated carbocycles. The first-order valence-electron chi connectivity index (χ1n) is 13.4. The third kappa shape index (κ3) is 7.98. The minimum absolute atomic E-state index is 1.39. The largest absolute Gasteiger partial charge is 0.420 e. The van der Waals surface area contributed by atoms with Gasteiger partial charge in [0.05, 0.1) is 19.3 Å². The normalized spacial score (nSPS) is 11.4. The minimum atomic E-state index is -3.00. The molecule has 0 aromatic heterocycles. The molecule has 282 valence electrons. The molecule has 0 amide bonds. The van der Waals surface area contributed by atoms with E-state index in [-0.39, 0.29) is 0 Å². The molecule has 0 spiro atoms. The molecule has 0 N–H and O–H groups in total. The first kappa shape index (κ1) is 40.8. The van der Waals surface area contributed by atoms with Crippen molar-refractivity contribution < 1.29 is 99.4 Å². The van der Waals surface area contributed by atoms with Crippen LogP contribution in [0.25, 0.3) is 0 Å². The number of hydrogen-bond acceptors (Lipinski definition) is 8. The molecular weight excluding hydrogens is 763 g/mol. The molecule has 0 atom stereocenters. The van der Waals surface area contributed by atoms with Gasteiger partial charge in [0.25, 0.3) is 0 Å². The van der Waals surface area contributed by atoms with Crippen LogP contribution in [0, 0.1) is 97.4 Å². The molecule has 0 aliphatic rings. The highest BCUT2D eigenvalue weighted by Crippen LogP contribution is 2.35. The maximum Gasteiger partial charge on any atom is 0.311 e. The first-order valence-corrected chi connectivity index (χ1v) is 13.4. The van der Waals surface area contributed by atoms with Gasteiger partial charge in [-0.3, -0.25) is 24.5 Å². The van der Waals surface area contributed by atoms with E-state index in [1.807, 2.05) is 0 Å². The lowest BCUT2D eigenvalue weighted by molar-refractivity contribution is -0.573. The van der Waals surface area contributed by atoms with Crippen LogP contribution in [0.2, 0.25) is 0 Å². The van der Waals surface area contributed by atoms with Crippen molar-refractivity contribution in [2.24, 2.45) is 0 Å². The fourth-order valence-corrected chi connectivity index (χ4v) is 4.17. The summed E-state index contributed by atoms with van der Waals surface area (Å²) in [6.45, 7) is 0. The third-order valence-corrected chi connectivity index (χ3v) is 6.93. The van der Waals surface area contributed by atoms with Crippen LogP contribution in [0.5, 0.6) is 17.2 Å². The summed E-state index contributed by atoms with van der Waals surface area (Å²) in [5, 5.41) is 12.2. The van der Waals surface area contributed by atoms with Crippen molar-refractivity contribution in [3.05, 3.63) is 97.4 Å². The molecule has 0 heterocycles. The van der Waals surface area contributed by atoms with Gasteiger partial charge in [0.1, 0.15) is 0 Å². The lowest BCUT2D eigenvalue weighted by Crippen LogP contribution is -2.41. The summed E-state index contributed by atoms with van der Waals surface area (Å²) >= 11 is 0. The Kier molecular flexibility index (Phi) is 12.4. The highest BCUT2D eigenvalue weighted by Gasteiger charge is 2.45. The summed E-state index contributed by atoms with van der Waals surface area (Å²) < 4.78 is 217. The Hall–Kier alpha value is -5.58. The summed E-state index contributed by atoms with van der Waals surface area (Å²) in [5.41, 5.74) is -3.00. The predicted molar refractivity (Wildman–Crippen MR) is 133 cm³/mol. The van der Waals surface area contributed by atoms with Crippen LogP contribution in [-0.4, -0.2) is 28.4 Å². The molecule has 0 unspecified atom stereocenters. The van der Waals surface area contributed by atoms with Crippen LogP contribution < -0.4 is 14.2 Å². The van der Waals surface area contributed by atoms with Crippen LogP contribution in [-0.2, 0) is 14.4 Å². The molecule has 3 rings (SSSR count). The highest BCUT2D eigenvalue weighted by molar-refractivity contribution is 5.74. The van der Waals surface area contributed by atoms with E-state index < -0.39 is 171 Å². The zero-order valence-electron chi connectivity index (χ0n) is 24.6. The van der Waals surface area contributed by atoms with Gasteiger partial charge in [-0.05, 0) is 0 Å². The second-order valence-corrected chi connectivity index (χ2v) is 10.1. The zero-order chi connectivity index (χ0) is 39.6. The van der Waals surface area contributed by atoms with E-state index in [2.05, 4.69) is 14.2 Å². The van der Waals surface area contributed by atoms with Gasteiger partial charge in [0.2, 0.25) is 110 Å². The molecule has 9 nitrogen and oxygen atoms in total. The summed E-state index contributed by atoms with van der Waals surface area (Å²) in [5.74, 6) is -52.3. The SMILES string of the molecule is O=C(CCC(CCC(=O)Oc1c(F)c(F)c(F)c(F)c1F)(CCC(=O)Oc1c(F)c(F)c(F)c(F)c1F)[N+](=O)[O-])Oc1c(F)c(F)c(F)c(F)c1F. The maximum absolute atomic E-state index is 13.9. The molecule has 0 saturated heterocycles. The third-order valence-electron chi connectivity index (χ3n) is 6.93. The Bertz CT molecular complexity index is 1690. The topological polar surface area (TPSA) is 122 Å². The standard InChI is InChI=1S/C28H12F15NO8/c29-10-13(32)19(38)25(20(39)14(10)33)50-7(45)1-4-28(44(48)49,5-2-8(46)51-26-21(40)15(34)11(30)16(35)22(26)41)6-3-9(47)52-27-23(42)17(36)12(31)18(37)24(27)43/h1-6H2. The fourth-order valence-electron chi connectivity index (χ4n) is 4.17. The van der Waals surface area contributed by atoms with Crippen LogP contribution in [0.1, 0.15) is 38.5 Å². The monoisotopic (exact) mass is 775 g/mol. The lowest BCUT2D eigenvalue weighted by atomic mass is 9.84. The number of nitro groups is 1. The summed E-state index contributed by atoms with van der Waals surface area (Å²) in [4.78, 5) is 47.7. The summed E-state index contributed by atoms with van der Waals surface area (Å²) in [7, 11) is 0. The van der Waals surface area contributed by atoms with Gasteiger partial charge in [-0.25, -0.2) is 39.5 Å². The summed E-state index contributed by atoms with van der Waals surface area (Å²) in [6, 6.07) is 0. The number of esters is 3. The van der Waals surface area contributed by atoms with E-state index >= 15 is 0 Å². The quantitative estimate of drug-likeness (QED) is 0.0339. The molecule has 24 heteroatoms. The van der Waals surface area contributed by atoms with Crippen molar-refractivity contribution in [1.29, 1.82) is 0 Å². The van der Waals surface area contributed by atoms with Crippen molar-refractivity contribution in [2.75, 3.05) is 0 Å². The number of benzene rings is 3. The molecule has 3 aromatic rings. The molecule has 0 radical (unpaired) electrons. The number of carbonyl (C=O) groups excluding carboxylic acids is 3. The zero-order valence-corrected chi connectivity index (χ0v) is 24.6. The van der Waals surface area contributed by atoms with Crippen molar-refractivity contribution in [2.45, 2.75) is 44.1 Å². The second kappa shape index (κ2) is 15.8. The van der Waals surface area contributed by atoms with Crippen molar-refractivity contribution in [1.82, 2.24) is 0 Å². The average Bonchev–Trinajstić information content (AvgIpc) is 3.11. The van der Waals surface area contributed by atoms with Gasteiger partial charge in [-0.1, -0.05) is 0 Å². The molecular formula is C28H12F15NO8. The second-order valence-electron chi connectivity index (χ2n) is 10.1. The Labute approximate surface area is 276 Å².